The minimum absolute atomic E-state index is 0.492. The number of nitrogens with zero attached hydrogens (tertiary/aromatic N) is 2. The summed E-state index contributed by atoms with van der Waals surface area (Å²) < 4.78 is 15.5. The fourth-order valence-electron chi connectivity index (χ4n) is 1.60. The zero-order chi connectivity index (χ0) is 13.7. The molecule has 0 saturated carbocycles. The predicted molar refractivity (Wildman–Crippen MR) is 72.2 cm³/mol. The van der Waals surface area contributed by atoms with Crippen molar-refractivity contribution in [3.05, 3.63) is 35.5 Å². The van der Waals surface area contributed by atoms with Gasteiger partial charge in [0.05, 0.1) is 14.2 Å². The summed E-state index contributed by atoms with van der Waals surface area (Å²) in [4.78, 5) is 4.20. The van der Waals surface area contributed by atoms with Crippen molar-refractivity contribution in [3.63, 3.8) is 0 Å². The van der Waals surface area contributed by atoms with Crippen LogP contribution in [0.5, 0.6) is 11.5 Å². The molecule has 0 N–H and O–H groups in total. The van der Waals surface area contributed by atoms with Gasteiger partial charge in [0.1, 0.15) is 0 Å². The largest absolute Gasteiger partial charge is 0.493 e. The van der Waals surface area contributed by atoms with Gasteiger partial charge >= 0.3 is 0 Å². The molecule has 0 unspecified atom stereocenters. The topological polar surface area (TPSA) is 57.4 Å². The van der Waals surface area contributed by atoms with Crippen LogP contribution < -0.4 is 9.47 Å². The number of aromatic nitrogens is 2. The number of benzene rings is 1. The van der Waals surface area contributed by atoms with Crippen LogP contribution in [-0.2, 0) is 6.42 Å². The van der Waals surface area contributed by atoms with Gasteiger partial charge in [0.25, 0.3) is 5.89 Å². The van der Waals surface area contributed by atoms with Crippen molar-refractivity contribution >= 4 is 12.2 Å². The van der Waals surface area contributed by atoms with E-state index in [1.54, 1.807) is 20.3 Å². The molecule has 0 radical (unpaired) electrons. The van der Waals surface area contributed by atoms with E-state index in [9.17, 15) is 0 Å². The third-order valence-electron chi connectivity index (χ3n) is 2.63. The minimum Gasteiger partial charge on any atom is -0.493 e. The van der Waals surface area contributed by atoms with E-state index in [1.807, 2.05) is 31.2 Å². The molecule has 0 aliphatic carbocycles. The monoisotopic (exact) mass is 260 g/mol. The molecule has 1 aromatic heterocycles. The predicted octanol–water partition coefficient (Wildman–Crippen LogP) is 2.82. The number of aryl methyl sites for hydroxylation is 1. The molecule has 0 saturated heterocycles. The lowest BCUT2D eigenvalue weighted by Crippen LogP contribution is -1.90. The molecular formula is C14H16N2O3. The third-order valence-corrected chi connectivity index (χ3v) is 2.63. The van der Waals surface area contributed by atoms with Crippen molar-refractivity contribution in [1.82, 2.24) is 10.1 Å². The van der Waals surface area contributed by atoms with Gasteiger partial charge in [0, 0.05) is 12.5 Å². The number of rotatable bonds is 5. The second kappa shape index (κ2) is 6.04. The quantitative estimate of drug-likeness (QED) is 0.827. The Bertz CT molecular complexity index is 576. The Balaban J connectivity index is 2.18. The lowest BCUT2D eigenvalue weighted by molar-refractivity contribution is 0.355. The Kier molecular flexibility index (Phi) is 4.18. The van der Waals surface area contributed by atoms with Crippen molar-refractivity contribution in [1.29, 1.82) is 0 Å². The van der Waals surface area contributed by atoms with E-state index in [2.05, 4.69) is 10.1 Å². The van der Waals surface area contributed by atoms with Gasteiger partial charge in [0.2, 0.25) is 0 Å². The summed E-state index contributed by atoms with van der Waals surface area (Å²) in [7, 11) is 3.22. The molecule has 0 atom stereocenters. The maximum absolute atomic E-state index is 5.24. The summed E-state index contributed by atoms with van der Waals surface area (Å²) in [5, 5.41) is 3.83. The highest BCUT2D eigenvalue weighted by atomic mass is 16.5. The Morgan fingerprint density at radius 3 is 2.58 bits per heavy atom. The fourth-order valence-corrected chi connectivity index (χ4v) is 1.60. The van der Waals surface area contributed by atoms with Gasteiger partial charge in [-0.2, -0.15) is 4.98 Å². The summed E-state index contributed by atoms with van der Waals surface area (Å²) in [5.41, 5.74) is 0.967. The Labute approximate surface area is 111 Å². The molecule has 0 bridgehead atoms. The number of hydrogen-bond acceptors (Lipinski definition) is 5. The van der Waals surface area contributed by atoms with Gasteiger partial charge in [-0.3, -0.25) is 0 Å². The lowest BCUT2D eigenvalue weighted by atomic mass is 10.2. The first kappa shape index (κ1) is 13.1. The van der Waals surface area contributed by atoms with Gasteiger partial charge in [-0.15, -0.1) is 0 Å². The zero-order valence-electron chi connectivity index (χ0n) is 11.2. The summed E-state index contributed by atoms with van der Waals surface area (Å²) in [5.74, 6) is 2.58. The number of hydrogen-bond donors (Lipinski definition) is 0. The Hall–Kier alpha value is -2.30. The van der Waals surface area contributed by atoms with Crippen LogP contribution in [0.3, 0.4) is 0 Å². The van der Waals surface area contributed by atoms with E-state index >= 15 is 0 Å². The smallest absolute Gasteiger partial charge is 0.250 e. The molecule has 0 fully saturated rings. The van der Waals surface area contributed by atoms with E-state index in [0.29, 0.717) is 23.2 Å². The fraction of sp³-hybridized carbons (Fsp3) is 0.286. The van der Waals surface area contributed by atoms with Gasteiger partial charge < -0.3 is 14.0 Å². The zero-order valence-corrected chi connectivity index (χ0v) is 11.2. The summed E-state index contributed by atoms with van der Waals surface area (Å²) >= 11 is 0. The molecular weight excluding hydrogens is 244 g/mol. The average Bonchev–Trinajstić information content (AvgIpc) is 2.92. The van der Waals surface area contributed by atoms with Gasteiger partial charge in [-0.1, -0.05) is 18.1 Å². The van der Waals surface area contributed by atoms with Crippen LogP contribution in [0.15, 0.2) is 22.7 Å². The molecule has 5 heteroatoms. The molecule has 5 nitrogen and oxygen atoms in total. The van der Waals surface area contributed by atoms with E-state index in [0.717, 1.165) is 12.0 Å². The lowest BCUT2D eigenvalue weighted by Gasteiger charge is -2.07. The normalized spacial score (nSPS) is 10.9. The highest BCUT2D eigenvalue weighted by Crippen LogP contribution is 2.28. The minimum atomic E-state index is 0.492. The first-order valence-corrected chi connectivity index (χ1v) is 5.99. The second-order valence-corrected chi connectivity index (χ2v) is 3.85. The number of methoxy groups -OCH3 is 2. The summed E-state index contributed by atoms with van der Waals surface area (Å²) in [6, 6.07) is 5.66. The standard InChI is InChI=1S/C14H16N2O3/c1-4-13-15-14(19-16-13)8-6-10-5-7-11(17-2)12(9-10)18-3/h5-9H,4H2,1-3H3/b8-6+. The van der Waals surface area contributed by atoms with Crippen LogP contribution >= 0.6 is 0 Å². The highest BCUT2D eigenvalue weighted by molar-refractivity contribution is 5.67. The van der Waals surface area contributed by atoms with Gasteiger partial charge in [-0.25, -0.2) is 0 Å². The molecule has 0 aliphatic heterocycles. The number of ether oxygens (including phenoxy) is 2. The van der Waals surface area contributed by atoms with E-state index < -0.39 is 0 Å². The average molecular weight is 260 g/mol. The van der Waals surface area contributed by atoms with Crippen LogP contribution in [0.1, 0.15) is 24.2 Å². The molecule has 0 amide bonds. The van der Waals surface area contributed by atoms with Crippen LogP contribution in [-0.4, -0.2) is 24.4 Å². The second-order valence-electron chi connectivity index (χ2n) is 3.85. The molecule has 2 aromatic rings. The van der Waals surface area contributed by atoms with Gasteiger partial charge in [0.15, 0.2) is 17.3 Å². The van der Waals surface area contributed by atoms with Crippen LogP contribution in [0.25, 0.3) is 12.2 Å². The van der Waals surface area contributed by atoms with Crippen LogP contribution in [0.2, 0.25) is 0 Å². The first-order valence-electron chi connectivity index (χ1n) is 5.99. The summed E-state index contributed by atoms with van der Waals surface area (Å²) in [6.45, 7) is 1.98. The Morgan fingerprint density at radius 1 is 1.16 bits per heavy atom. The van der Waals surface area contributed by atoms with Crippen LogP contribution in [0, 0.1) is 0 Å². The van der Waals surface area contributed by atoms with Crippen molar-refractivity contribution in [2.75, 3.05) is 14.2 Å². The summed E-state index contributed by atoms with van der Waals surface area (Å²) in [6.07, 6.45) is 4.41. The molecule has 0 spiro atoms. The van der Waals surface area contributed by atoms with E-state index in [-0.39, 0.29) is 0 Å². The van der Waals surface area contributed by atoms with E-state index in [4.69, 9.17) is 14.0 Å². The maximum atomic E-state index is 5.24. The SMILES string of the molecule is CCc1noc(/C=C/c2ccc(OC)c(OC)c2)n1. The molecule has 19 heavy (non-hydrogen) atoms. The van der Waals surface area contributed by atoms with Crippen molar-refractivity contribution in [2.45, 2.75) is 13.3 Å². The van der Waals surface area contributed by atoms with E-state index in [1.165, 1.54) is 0 Å². The third kappa shape index (κ3) is 3.13. The molecule has 1 aromatic carbocycles. The molecule has 1 heterocycles. The molecule has 0 aliphatic rings. The molecule has 100 valence electrons. The van der Waals surface area contributed by atoms with Crippen molar-refractivity contribution in [3.8, 4) is 11.5 Å². The Morgan fingerprint density at radius 2 is 1.95 bits per heavy atom. The van der Waals surface area contributed by atoms with Crippen LogP contribution in [0.4, 0.5) is 0 Å². The maximum Gasteiger partial charge on any atom is 0.250 e. The van der Waals surface area contributed by atoms with Gasteiger partial charge in [-0.05, 0) is 23.8 Å². The van der Waals surface area contributed by atoms with Crippen molar-refractivity contribution in [2.24, 2.45) is 0 Å². The molecule has 2 rings (SSSR count). The first-order chi connectivity index (χ1) is 9.26. The highest BCUT2D eigenvalue weighted by Gasteiger charge is 2.03. The van der Waals surface area contributed by atoms with Crippen molar-refractivity contribution < 1.29 is 14.0 Å².